The first-order valence-corrected chi connectivity index (χ1v) is 19.6. The Hall–Kier alpha value is -7.89. The molecule has 0 saturated carbocycles. The van der Waals surface area contributed by atoms with Gasteiger partial charge in [-0.1, -0.05) is 170 Å². The van der Waals surface area contributed by atoms with E-state index in [9.17, 15) is 0 Å². The third kappa shape index (κ3) is 4.87. The summed E-state index contributed by atoms with van der Waals surface area (Å²) in [6.07, 6.45) is 0. The molecule has 270 valence electrons. The van der Waals surface area contributed by atoms with Crippen LogP contribution in [0.2, 0.25) is 0 Å². The van der Waals surface area contributed by atoms with Crippen LogP contribution in [0.15, 0.2) is 200 Å². The minimum atomic E-state index is 0.573. The highest BCUT2D eigenvalue weighted by molar-refractivity contribution is 6.38. The fourth-order valence-corrected chi connectivity index (χ4v) is 9.03. The van der Waals surface area contributed by atoms with Gasteiger partial charge >= 0.3 is 0 Å². The minimum absolute atomic E-state index is 0.573. The van der Waals surface area contributed by atoms with Crippen LogP contribution in [0.3, 0.4) is 0 Å². The van der Waals surface area contributed by atoms with Crippen LogP contribution in [0.25, 0.3) is 111 Å². The quantitative estimate of drug-likeness (QED) is 0.165. The molecule has 12 rings (SSSR count). The van der Waals surface area contributed by atoms with Crippen molar-refractivity contribution in [2.24, 2.45) is 0 Å². The Labute approximate surface area is 333 Å². The van der Waals surface area contributed by atoms with Gasteiger partial charge in [-0.25, -0.2) is 4.98 Å². The van der Waals surface area contributed by atoms with E-state index in [0.717, 1.165) is 44.3 Å². The van der Waals surface area contributed by atoms with E-state index in [-0.39, 0.29) is 0 Å². The fraction of sp³-hybridized carbons (Fsp3) is 0. The normalized spacial score (nSPS) is 11.8. The number of hydrogen-bond donors (Lipinski definition) is 0. The van der Waals surface area contributed by atoms with E-state index < -0.39 is 0 Å². The van der Waals surface area contributed by atoms with Gasteiger partial charge in [0.25, 0.3) is 0 Å². The molecule has 0 aliphatic carbocycles. The lowest BCUT2D eigenvalue weighted by Gasteiger charge is -2.12. The second kappa shape index (κ2) is 12.8. The monoisotopic (exact) mass is 739 g/mol. The molecular formula is C53H33N5. The van der Waals surface area contributed by atoms with Crippen LogP contribution in [-0.4, -0.2) is 24.1 Å². The van der Waals surface area contributed by atoms with Crippen LogP contribution >= 0.6 is 0 Å². The standard InChI is InChI=1S/C53H33N5/c1-4-16-34(17-5-1)35-28-30-37(31-29-35)52-54-51(36-18-6-2-7-19-36)55-53(56-52)58-44-27-15-14-26-43(44)47-45(58)32-33-46-49(47)48-41-24-12-10-22-39(41)40-23-11-13-25-42(40)50(48)57(46)38-20-8-3-9-21-38/h1-33H. The minimum Gasteiger partial charge on any atom is -0.309 e. The van der Waals surface area contributed by atoms with Gasteiger partial charge in [0.05, 0.1) is 22.1 Å². The van der Waals surface area contributed by atoms with Gasteiger partial charge in [-0.3, -0.25) is 4.57 Å². The number of aromatic nitrogens is 5. The molecule has 0 amide bonds. The molecule has 3 aromatic heterocycles. The number of para-hydroxylation sites is 2. The first kappa shape index (κ1) is 32.4. The van der Waals surface area contributed by atoms with E-state index in [1.165, 1.54) is 48.8 Å². The number of rotatable bonds is 5. The fourth-order valence-electron chi connectivity index (χ4n) is 9.03. The zero-order valence-corrected chi connectivity index (χ0v) is 31.3. The largest absolute Gasteiger partial charge is 0.309 e. The molecule has 12 aromatic rings. The average Bonchev–Trinajstić information content (AvgIpc) is 3.84. The summed E-state index contributed by atoms with van der Waals surface area (Å²) >= 11 is 0. The van der Waals surface area contributed by atoms with Crippen LogP contribution in [0.5, 0.6) is 0 Å². The molecule has 0 atom stereocenters. The maximum atomic E-state index is 5.30. The number of nitrogens with zero attached hydrogens (tertiary/aromatic N) is 5. The van der Waals surface area contributed by atoms with Gasteiger partial charge in [0.2, 0.25) is 5.95 Å². The van der Waals surface area contributed by atoms with Crippen LogP contribution in [0, 0.1) is 0 Å². The first-order valence-electron chi connectivity index (χ1n) is 19.6. The van der Waals surface area contributed by atoms with Crippen LogP contribution in [0.4, 0.5) is 0 Å². The molecular weight excluding hydrogens is 707 g/mol. The molecule has 0 spiro atoms. The Bertz CT molecular complexity index is 3530. The van der Waals surface area contributed by atoms with Gasteiger partial charge in [0.1, 0.15) is 0 Å². The van der Waals surface area contributed by atoms with Gasteiger partial charge in [-0.05, 0) is 57.6 Å². The van der Waals surface area contributed by atoms with Crippen molar-refractivity contribution in [2.45, 2.75) is 0 Å². The average molecular weight is 740 g/mol. The summed E-state index contributed by atoms with van der Waals surface area (Å²) < 4.78 is 4.69. The van der Waals surface area contributed by atoms with Crippen molar-refractivity contribution >= 4 is 65.2 Å². The number of hydrogen-bond acceptors (Lipinski definition) is 3. The molecule has 0 aliphatic rings. The summed E-state index contributed by atoms with van der Waals surface area (Å²) in [7, 11) is 0. The molecule has 0 unspecified atom stereocenters. The Morgan fingerprint density at radius 2 is 0.741 bits per heavy atom. The molecule has 58 heavy (non-hydrogen) atoms. The van der Waals surface area contributed by atoms with Gasteiger partial charge in [-0.15, -0.1) is 0 Å². The van der Waals surface area contributed by atoms with E-state index >= 15 is 0 Å². The predicted molar refractivity (Wildman–Crippen MR) is 240 cm³/mol. The summed E-state index contributed by atoms with van der Waals surface area (Å²) in [4.78, 5) is 15.7. The van der Waals surface area contributed by atoms with Gasteiger partial charge < -0.3 is 4.57 Å². The van der Waals surface area contributed by atoms with E-state index in [1.54, 1.807) is 0 Å². The molecule has 9 aromatic carbocycles. The molecule has 5 heteroatoms. The molecule has 0 radical (unpaired) electrons. The summed E-state index contributed by atoms with van der Waals surface area (Å²) in [6.45, 7) is 0. The summed E-state index contributed by atoms with van der Waals surface area (Å²) in [5.41, 5.74) is 9.71. The van der Waals surface area contributed by atoms with Crippen molar-refractivity contribution in [3.8, 4) is 45.5 Å². The highest BCUT2D eigenvalue weighted by Crippen LogP contribution is 2.47. The molecule has 0 N–H and O–H groups in total. The molecule has 0 bridgehead atoms. The maximum Gasteiger partial charge on any atom is 0.238 e. The highest BCUT2D eigenvalue weighted by atomic mass is 15.2. The van der Waals surface area contributed by atoms with Crippen molar-refractivity contribution in [1.82, 2.24) is 24.1 Å². The highest BCUT2D eigenvalue weighted by Gasteiger charge is 2.25. The van der Waals surface area contributed by atoms with Crippen molar-refractivity contribution in [2.75, 3.05) is 0 Å². The zero-order valence-electron chi connectivity index (χ0n) is 31.3. The number of fused-ring (bicyclic) bond motifs is 12. The van der Waals surface area contributed by atoms with E-state index in [0.29, 0.717) is 17.6 Å². The van der Waals surface area contributed by atoms with Crippen LogP contribution in [0.1, 0.15) is 0 Å². The SMILES string of the molecule is c1ccc(-c2ccc(-c3nc(-c4ccccc4)nc(-n4c5ccccc5c5c6c7c8ccccc8c8ccccc8c7n(-c7ccccc7)c6ccc54)n3)cc2)cc1. The van der Waals surface area contributed by atoms with E-state index in [2.05, 4.69) is 185 Å². The Balaban J connectivity index is 1.20. The summed E-state index contributed by atoms with van der Waals surface area (Å²) in [5.74, 6) is 1.81. The maximum absolute atomic E-state index is 5.30. The lowest BCUT2D eigenvalue weighted by Crippen LogP contribution is -2.06. The van der Waals surface area contributed by atoms with Gasteiger partial charge in [-0.2, -0.15) is 9.97 Å². The van der Waals surface area contributed by atoms with Gasteiger partial charge in [0, 0.05) is 43.7 Å². The predicted octanol–water partition coefficient (Wildman–Crippen LogP) is 13.4. The smallest absolute Gasteiger partial charge is 0.238 e. The van der Waals surface area contributed by atoms with Crippen molar-refractivity contribution in [1.29, 1.82) is 0 Å². The third-order valence-electron chi connectivity index (χ3n) is 11.6. The van der Waals surface area contributed by atoms with E-state index in [4.69, 9.17) is 15.0 Å². The molecule has 5 nitrogen and oxygen atoms in total. The van der Waals surface area contributed by atoms with E-state index in [1.807, 2.05) is 24.3 Å². The van der Waals surface area contributed by atoms with Crippen molar-refractivity contribution in [3.05, 3.63) is 200 Å². The number of benzene rings is 9. The molecule has 0 aliphatic heterocycles. The first-order chi connectivity index (χ1) is 28.8. The zero-order chi connectivity index (χ0) is 38.2. The third-order valence-corrected chi connectivity index (χ3v) is 11.6. The molecule has 3 heterocycles. The lowest BCUT2D eigenvalue weighted by atomic mass is 9.95. The second-order valence-corrected chi connectivity index (χ2v) is 14.8. The van der Waals surface area contributed by atoms with Gasteiger partial charge in [0.15, 0.2) is 11.6 Å². The molecule has 0 saturated heterocycles. The Morgan fingerprint density at radius 3 is 1.41 bits per heavy atom. The van der Waals surface area contributed by atoms with Crippen molar-refractivity contribution < 1.29 is 0 Å². The van der Waals surface area contributed by atoms with Crippen LogP contribution in [-0.2, 0) is 0 Å². The summed E-state index contributed by atoms with van der Waals surface area (Å²) in [5, 5.41) is 9.70. The second-order valence-electron chi connectivity index (χ2n) is 14.8. The summed E-state index contributed by atoms with van der Waals surface area (Å²) in [6, 6.07) is 70.8. The van der Waals surface area contributed by atoms with Crippen LogP contribution < -0.4 is 0 Å². The lowest BCUT2D eigenvalue weighted by molar-refractivity contribution is 0.953. The topological polar surface area (TPSA) is 48.5 Å². The Kier molecular flexibility index (Phi) is 7.16. The Morgan fingerprint density at radius 1 is 0.276 bits per heavy atom. The molecule has 0 fully saturated rings. The van der Waals surface area contributed by atoms with Crippen molar-refractivity contribution in [3.63, 3.8) is 0 Å².